The van der Waals surface area contributed by atoms with Crippen LogP contribution in [0.5, 0.6) is 0 Å². The first kappa shape index (κ1) is 24.5. The lowest BCUT2D eigenvalue weighted by Gasteiger charge is -2.50. The molecule has 6 nitrogen and oxygen atoms in total. The fourth-order valence-corrected chi connectivity index (χ4v) is 7.68. The summed E-state index contributed by atoms with van der Waals surface area (Å²) in [4.78, 5) is 30.7. The summed E-state index contributed by atoms with van der Waals surface area (Å²) < 4.78 is 5.98. The van der Waals surface area contributed by atoms with Crippen molar-refractivity contribution < 1.29 is 14.3 Å². The number of carbonyl (C=O) groups is 2. The fourth-order valence-electron chi connectivity index (χ4n) is 7.68. The number of hydrogen-bond acceptors (Lipinski definition) is 5. The summed E-state index contributed by atoms with van der Waals surface area (Å²) in [5.74, 6) is -0.134. The van der Waals surface area contributed by atoms with Gasteiger partial charge in [0.2, 0.25) is 11.8 Å². The second-order valence-corrected chi connectivity index (χ2v) is 13.0. The number of fused-ring (bicyclic) bond motifs is 2. The largest absolute Gasteiger partial charge is 0.444 e. The third-order valence-electron chi connectivity index (χ3n) is 8.98. The molecule has 0 saturated carbocycles. The van der Waals surface area contributed by atoms with Gasteiger partial charge in [-0.15, -0.1) is 0 Å². The Morgan fingerprint density at radius 1 is 1.00 bits per heavy atom. The normalized spacial score (nSPS) is 28.7. The molecule has 2 atom stereocenters. The number of rotatable bonds is 1. The summed E-state index contributed by atoms with van der Waals surface area (Å²) in [7, 11) is 0. The van der Waals surface area contributed by atoms with Gasteiger partial charge >= 0.3 is 0 Å². The zero-order chi connectivity index (χ0) is 27.4. The van der Waals surface area contributed by atoms with Crippen molar-refractivity contribution in [2.75, 3.05) is 4.90 Å². The van der Waals surface area contributed by atoms with E-state index in [0.717, 1.165) is 22.4 Å². The van der Waals surface area contributed by atoms with Gasteiger partial charge in [-0.2, -0.15) is 5.26 Å². The van der Waals surface area contributed by atoms with Crippen molar-refractivity contribution in [1.29, 1.82) is 5.26 Å². The maximum Gasteiger partial charge on any atom is 0.248 e. The average molecular weight is 508 g/mol. The number of ketones is 1. The van der Waals surface area contributed by atoms with Crippen LogP contribution in [0.25, 0.3) is 0 Å². The van der Waals surface area contributed by atoms with Gasteiger partial charge in [-0.25, -0.2) is 0 Å². The maximum absolute atomic E-state index is 15.0. The van der Waals surface area contributed by atoms with Gasteiger partial charge in [0.25, 0.3) is 0 Å². The molecule has 6 heteroatoms. The molecule has 0 saturated heterocycles. The number of aryl methyl sites for hydroxylation is 1. The molecule has 0 aromatic heterocycles. The van der Waals surface area contributed by atoms with Gasteiger partial charge in [0, 0.05) is 29.4 Å². The topological polar surface area (TPSA) is 96.4 Å². The van der Waals surface area contributed by atoms with E-state index in [0.29, 0.717) is 24.2 Å². The third-order valence-corrected chi connectivity index (χ3v) is 8.98. The molecule has 194 valence electrons. The number of nitriles is 1. The highest BCUT2D eigenvalue weighted by atomic mass is 16.5. The van der Waals surface area contributed by atoms with E-state index in [1.54, 1.807) is 0 Å². The van der Waals surface area contributed by atoms with Crippen LogP contribution in [0.15, 0.2) is 65.3 Å². The second kappa shape index (κ2) is 7.38. The van der Waals surface area contributed by atoms with E-state index in [9.17, 15) is 14.9 Å². The van der Waals surface area contributed by atoms with Crippen LogP contribution in [0.3, 0.4) is 0 Å². The van der Waals surface area contributed by atoms with Crippen molar-refractivity contribution >= 4 is 17.4 Å². The lowest BCUT2D eigenvalue weighted by atomic mass is 9.61. The van der Waals surface area contributed by atoms with Crippen LogP contribution in [-0.4, -0.2) is 17.2 Å². The Bertz CT molecular complexity index is 1560. The number of nitrogens with two attached hydrogens (primary N) is 1. The second-order valence-electron chi connectivity index (χ2n) is 13.0. The lowest BCUT2D eigenvalue weighted by Crippen LogP contribution is -2.58. The summed E-state index contributed by atoms with van der Waals surface area (Å²) in [6.07, 6.45) is 1.40. The van der Waals surface area contributed by atoms with Crippen LogP contribution >= 0.6 is 0 Å². The van der Waals surface area contributed by atoms with Crippen LogP contribution in [0, 0.1) is 23.7 Å². The van der Waals surface area contributed by atoms with E-state index >= 15 is 0 Å². The molecule has 0 radical (unpaired) electrons. The number of benzene rings is 2. The predicted octanol–water partition coefficient (Wildman–Crippen LogP) is 5.44. The van der Waals surface area contributed by atoms with E-state index in [-0.39, 0.29) is 40.6 Å². The number of hydrogen-bond donors (Lipinski definition) is 1. The Hall–Kier alpha value is -3.85. The Kier molecular flexibility index (Phi) is 4.75. The number of ether oxygens (including phenoxy) is 1. The maximum atomic E-state index is 15.0. The highest BCUT2D eigenvalue weighted by molar-refractivity contribution is 6.21. The van der Waals surface area contributed by atoms with Crippen LogP contribution < -0.4 is 10.6 Å². The molecule has 6 rings (SSSR count). The first-order valence-electron chi connectivity index (χ1n) is 13.2. The minimum absolute atomic E-state index is 0.00807. The van der Waals surface area contributed by atoms with Crippen molar-refractivity contribution in [2.45, 2.75) is 77.2 Å². The Morgan fingerprint density at radius 3 is 2.32 bits per heavy atom. The van der Waals surface area contributed by atoms with Gasteiger partial charge in [-0.05, 0) is 43.7 Å². The van der Waals surface area contributed by atoms with E-state index in [1.165, 1.54) is 0 Å². The first-order valence-corrected chi connectivity index (χ1v) is 13.2. The van der Waals surface area contributed by atoms with Crippen molar-refractivity contribution in [1.82, 2.24) is 0 Å². The van der Waals surface area contributed by atoms with Gasteiger partial charge in [-0.3, -0.25) is 9.59 Å². The number of nitrogens with zero attached hydrogens (tertiary/aromatic N) is 2. The summed E-state index contributed by atoms with van der Waals surface area (Å²) in [5, 5.41) is 10.5. The van der Waals surface area contributed by atoms with Gasteiger partial charge in [0.1, 0.15) is 22.8 Å². The number of amides is 1. The van der Waals surface area contributed by atoms with Gasteiger partial charge < -0.3 is 15.4 Å². The Labute approximate surface area is 223 Å². The summed E-state index contributed by atoms with van der Waals surface area (Å²) in [6, 6.07) is 16.7. The highest BCUT2D eigenvalue weighted by Crippen LogP contribution is 2.63. The molecule has 0 unspecified atom stereocenters. The van der Waals surface area contributed by atoms with Crippen molar-refractivity contribution in [3.05, 3.63) is 87.5 Å². The number of anilines is 1. The zero-order valence-corrected chi connectivity index (χ0v) is 22.9. The van der Waals surface area contributed by atoms with Crippen LogP contribution in [-0.2, 0) is 25.2 Å². The molecule has 1 amide bonds. The first-order chi connectivity index (χ1) is 17.8. The SMILES string of the molecule is Cc1cc2c3c(c1)[C@](C)(c1ccccc1)CC(C)(C)N3C(=O)[C@]21C(C#N)=C(N)OC2=C1C(=O)CC(C)(C)C2. The number of allylic oxidation sites excluding steroid dienone is 1. The quantitative estimate of drug-likeness (QED) is 0.555. The average Bonchev–Trinajstić information content (AvgIpc) is 3.06. The minimum atomic E-state index is -1.62. The molecule has 0 bridgehead atoms. The van der Waals surface area contributed by atoms with Crippen molar-refractivity contribution in [3.8, 4) is 6.07 Å². The van der Waals surface area contributed by atoms with E-state index in [4.69, 9.17) is 10.5 Å². The van der Waals surface area contributed by atoms with Crippen molar-refractivity contribution in [2.24, 2.45) is 11.1 Å². The van der Waals surface area contributed by atoms with Crippen LogP contribution in [0.2, 0.25) is 0 Å². The standard InChI is InChI=1S/C32H33N3O3/c1-18-12-20-26-21(13-18)32(22(16-33)27(34)38-24-15-29(2,3)14-23(36)25(24)32)28(37)35(26)30(4,5)17-31(20,6)19-10-8-7-9-11-19/h7-13H,14-15,17,34H2,1-6H3/t31-,32-/m0/s1. The van der Waals surface area contributed by atoms with E-state index in [1.807, 2.05) is 49.9 Å². The molecule has 2 N–H and O–H groups in total. The molecule has 0 fully saturated rings. The molecular formula is C32H33N3O3. The minimum Gasteiger partial charge on any atom is -0.444 e. The summed E-state index contributed by atoms with van der Waals surface area (Å²) in [6.45, 7) is 12.4. The van der Waals surface area contributed by atoms with Crippen molar-refractivity contribution in [3.63, 3.8) is 0 Å². The molecule has 2 aromatic rings. The van der Waals surface area contributed by atoms with Gasteiger partial charge in [-0.1, -0.05) is 68.8 Å². The van der Waals surface area contributed by atoms with Crippen LogP contribution in [0.4, 0.5) is 5.69 Å². The van der Waals surface area contributed by atoms with Gasteiger partial charge in [0.15, 0.2) is 5.78 Å². The smallest absolute Gasteiger partial charge is 0.248 e. The monoisotopic (exact) mass is 507 g/mol. The van der Waals surface area contributed by atoms with E-state index in [2.05, 4.69) is 45.0 Å². The third kappa shape index (κ3) is 2.88. The molecule has 1 spiro atoms. The molecule has 1 aliphatic carbocycles. The van der Waals surface area contributed by atoms with E-state index < -0.39 is 16.4 Å². The van der Waals surface area contributed by atoms with Crippen LogP contribution in [0.1, 0.15) is 76.1 Å². The summed E-state index contributed by atoms with van der Waals surface area (Å²) >= 11 is 0. The fraction of sp³-hybridized carbons (Fsp3) is 0.406. The molecule has 2 aromatic carbocycles. The Balaban J connectivity index is 1.76. The predicted molar refractivity (Wildman–Crippen MR) is 145 cm³/mol. The number of Topliss-reactive ketones (excluding diaryl/α,β-unsaturated/α-hetero) is 1. The van der Waals surface area contributed by atoms with Gasteiger partial charge in [0.05, 0.1) is 11.3 Å². The molecule has 38 heavy (non-hydrogen) atoms. The number of carbonyl (C=O) groups excluding carboxylic acids is 2. The summed E-state index contributed by atoms with van der Waals surface area (Å²) in [5.41, 5.74) is 8.34. The molecule has 3 aliphatic heterocycles. The molecule has 4 aliphatic rings. The lowest BCUT2D eigenvalue weighted by molar-refractivity contribution is -0.126. The zero-order valence-electron chi connectivity index (χ0n) is 22.9. The highest BCUT2D eigenvalue weighted by Gasteiger charge is 2.67. The molecule has 3 heterocycles. The Morgan fingerprint density at radius 2 is 1.66 bits per heavy atom. The molecular weight excluding hydrogens is 474 g/mol.